The van der Waals surface area contributed by atoms with Crippen molar-refractivity contribution in [3.63, 3.8) is 0 Å². The molecule has 0 aliphatic rings. The maximum Gasteiger partial charge on any atom is 0 e. The fourth-order valence-corrected chi connectivity index (χ4v) is 0. The molecular formula is C6H15PY. The van der Waals surface area contributed by atoms with Gasteiger partial charge in [0.15, 0.2) is 0 Å². The Morgan fingerprint density at radius 3 is 1.38 bits per heavy atom. The van der Waals surface area contributed by atoms with E-state index in [0.717, 1.165) is 0 Å². The van der Waals surface area contributed by atoms with Crippen molar-refractivity contribution in [1.82, 2.24) is 0 Å². The molecule has 0 aliphatic carbocycles. The smallest absolute Gasteiger partial charge is 0 e. The Morgan fingerprint density at radius 2 is 1.38 bits per heavy atom. The monoisotopic (exact) mass is 207 g/mol. The number of allylic oxidation sites excluding steroid dienone is 1. The molecule has 0 saturated carbocycles. The molecule has 0 N–H and O–H groups in total. The second-order valence-electron chi connectivity index (χ2n) is 3.03. The van der Waals surface area contributed by atoms with Gasteiger partial charge in [0.1, 0.15) is 0 Å². The fraction of sp³-hybridized carbons (Fsp3) is 0.667. The Balaban J connectivity index is 0. The van der Waals surface area contributed by atoms with E-state index in [1.54, 1.807) is 0 Å². The second-order valence-corrected chi connectivity index (χ2v) is 8.38. The van der Waals surface area contributed by atoms with Gasteiger partial charge < -0.3 is 0 Å². The van der Waals surface area contributed by atoms with E-state index >= 15 is 0 Å². The summed E-state index contributed by atoms with van der Waals surface area (Å²) in [5.74, 6) is 0. The first-order valence-electron chi connectivity index (χ1n) is 2.60. The van der Waals surface area contributed by atoms with Crippen LogP contribution >= 0.6 is 7.26 Å². The van der Waals surface area contributed by atoms with E-state index in [9.17, 15) is 0 Å². The Kier molecular flexibility index (Phi) is 6.22. The van der Waals surface area contributed by atoms with Gasteiger partial charge in [-0.15, -0.1) is 0 Å². The van der Waals surface area contributed by atoms with E-state index in [-0.39, 0.29) is 32.7 Å². The van der Waals surface area contributed by atoms with Crippen LogP contribution in [0.25, 0.3) is 0 Å². The van der Waals surface area contributed by atoms with Gasteiger partial charge >= 0.3 is 46.1 Å². The van der Waals surface area contributed by atoms with Gasteiger partial charge in [-0.3, -0.25) is 0 Å². The first-order chi connectivity index (χ1) is 2.94. The minimum atomic E-state index is -0.929. The molecule has 0 heterocycles. The zero-order valence-electron chi connectivity index (χ0n) is 6.28. The van der Waals surface area contributed by atoms with E-state index in [0.29, 0.717) is 0 Å². The molecule has 0 amide bonds. The summed E-state index contributed by atoms with van der Waals surface area (Å²) >= 11 is 0. The summed E-state index contributed by atoms with van der Waals surface area (Å²) in [7, 11) is -0.929. The van der Waals surface area contributed by atoms with Crippen molar-refractivity contribution in [2.45, 2.75) is 6.92 Å². The summed E-state index contributed by atoms with van der Waals surface area (Å²) in [6.45, 7) is 12.9. The molecule has 47 valence electrons. The maximum absolute atomic E-state index is 3.89. The van der Waals surface area contributed by atoms with Gasteiger partial charge in [0.25, 0.3) is 0 Å². The van der Waals surface area contributed by atoms with Crippen molar-refractivity contribution in [2.24, 2.45) is 0 Å². The van der Waals surface area contributed by atoms with Gasteiger partial charge in [-0.2, -0.15) is 0 Å². The van der Waals surface area contributed by atoms with E-state index in [2.05, 4.69) is 33.5 Å². The standard InChI is InChI=1S/C6H15P.Y/c1-6(2)7(3,4)5;/h7H,1H2,2-5H3;. The van der Waals surface area contributed by atoms with Crippen molar-refractivity contribution in [1.29, 1.82) is 0 Å². The Morgan fingerprint density at radius 1 is 1.25 bits per heavy atom. The number of hydrogen-bond acceptors (Lipinski definition) is 0. The quantitative estimate of drug-likeness (QED) is 0.578. The molecule has 0 spiro atoms. The maximum atomic E-state index is 3.89. The molecule has 2 heteroatoms. The summed E-state index contributed by atoms with van der Waals surface area (Å²) < 4.78 is 0. The van der Waals surface area contributed by atoms with Crippen LogP contribution in [0, 0.1) is 0 Å². The van der Waals surface area contributed by atoms with Crippen LogP contribution in [0.3, 0.4) is 0 Å². The molecule has 0 aromatic heterocycles. The van der Waals surface area contributed by atoms with Gasteiger partial charge in [-0.25, -0.2) is 0 Å². The minimum Gasteiger partial charge on any atom is 0 e. The minimum absolute atomic E-state index is 0. The SMILES string of the molecule is C=C(C)[PH](C)(C)C.[Y]. The average molecular weight is 207 g/mol. The van der Waals surface area contributed by atoms with Crippen LogP contribution in [-0.4, -0.2) is 20.0 Å². The first kappa shape index (κ1) is 12.0. The van der Waals surface area contributed by atoms with E-state index in [1.165, 1.54) is 5.31 Å². The molecule has 0 rings (SSSR count). The van der Waals surface area contributed by atoms with E-state index in [4.69, 9.17) is 0 Å². The normalized spacial score (nSPS) is 12.0. The van der Waals surface area contributed by atoms with E-state index < -0.39 is 7.26 Å². The van der Waals surface area contributed by atoms with Crippen LogP contribution in [0.1, 0.15) is 6.92 Å². The third kappa shape index (κ3) is 5.41. The Labute approximate surface area is 78.3 Å². The van der Waals surface area contributed by atoms with E-state index in [1.807, 2.05) is 0 Å². The predicted octanol–water partition coefficient (Wildman–Crippen LogP) is 2.16. The molecule has 8 heavy (non-hydrogen) atoms. The van der Waals surface area contributed by atoms with Crippen LogP contribution in [0.5, 0.6) is 0 Å². The molecule has 0 aliphatic heterocycles. The largest absolute Gasteiger partial charge is 0 e. The van der Waals surface area contributed by atoms with Crippen LogP contribution in [0.4, 0.5) is 0 Å². The van der Waals surface area contributed by atoms with Crippen LogP contribution in [0.15, 0.2) is 11.9 Å². The molecule has 0 saturated heterocycles. The number of hydrogen-bond donors (Lipinski definition) is 0. The molecular weight excluding hydrogens is 192 g/mol. The zero-order valence-corrected chi connectivity index (χ0v) is 10.1. The van der Waals surface area contributed by atoms with Crippen molar-refractivity contribution in [3.05, 3.63) is 11.9 Å². The van der Waals surface area contributed by atoms with Gasteiger partial charge in [0.2, 0.25) is 0 Å². The Bertz CT molecular complexity index is 81.0. The summed E-state index contributed by atoms with van der Waals surface area (Å²) in [5, 5.41) is 1.38. The van der Waals surface area contributed by atoms with Gasteiger partial charge in [-0.1, -0.05) is 0 Å². The summed E-state index contributed by atoms with van der Waals surface area (Å²) in [4.78, 5) is 0. The Hall–Kier alpha value is 1.27. The van der Waals surface area contributed by atoms with Crippen LogP contribution in [-0.2, 0) is 32.7 Å². The van der Waals surface area contributed by atoms with Crippen molar-refractivity contribution in [3.8, 4) is 0 Å². The van der Waals surface area contributed by atoms with Gasteiger partial charge in [-0.05, 0) is 0 Å². The van der Waals surface area contributed by atoms with Crippen molar-refractivity contribution >= 4 is 7.26 Å². The molecule has 1 radical (unpaired) electrons. The van der Waals surface area contributed by atoms with Crippen molar-refractivity contribution in [2.75, 3.05) is 20.0 Å². The molecule has 0 unspecified atom stereocenters. The topological polar surface area (TPSA) is 0 Å². The fourth-order valence-electron chi connectivity index (χ4n) is 0. The second kappa shape index (κ2) is 4.15. The molecule has 0 aromatic rings. The average Bonchev–Trinajstić information content (AvgIpc) is 1.31. The van der Waals surface area contributed by atoms with Gasteiger partial charge in [0, 0.05) is 32.7 Å². The number of rotatable bonds is 1. The zero-order chi connectivity index (χ0) is 6.08. The molecule has 0 nitrogen and oxygen atoms in total. The summed E-state index contributed by atoms with van der Waals surface area (Å²) in [6, 6.07) is 0. The molecule has 0 aromatic carbocycles. The van der Waals surface area contributed by atoms with Crippen molar-refractivity contribution < 1.29 is 32.7 Å². The third-order valence-corrected chi connectivity index (χ3v) is 3.84. The summed E-state index contributed by atoms with van der Waals surface area (Å²) in [5.41, 5.74) is 0. The van der Waals surface area contributed by atoms with Crippen LogP contribution in [0.2, 0.25) is 0 Å². The first-order valence-corrected chi connectivity index (χ1v) is 6.10. The summed E-state index contributed by atoms with van der Waals surface area (Å²) in [6.07, 6.45) is 0. The van der Waals surface area contributed by atoms with Gasteiger partial charge in [0.05, 0.1) is 0 Å². The molecule has 0 fully saturated rings. The van der Waals surface area contributed by atoms with Crippen LogP contribution < -0.4 is 0 Å². The predicted molar refractivity (Wildman–Crippen MR) is 40.9 cm³/mol. The molecule has 0 bridgehead atoms. The molecule has 0 atom stereocenters. The third-order valence-electron chi connectivity index (χ3n) is 1.28.